The van der Waals surface area contributed by atoms with Crippen molar-refractivity contribution in [2.75, 3.05) is 0 Å². The van der Waals surface area contributed by atoms with Crippen molar-refractivity contribution in [1.82, 2.24) is 10.2 Å². The van der Waals surface area contributed by atoms with Gasteiger partial charge in [-0.1, -0.05) is 23.7 Å². The standard InChI is InChI=1S/C12H8ClN3O/c13-11-3-1-2-9(6-11)8-17-12-10(7-14)4-5-15-16-12/h1-6H,8H2. The molecule has 0 saturated heterocycles. The second-order valence-electron chi connectivity index (χ2n) is 3.28. The molecule has 0 atom stereocenters. The molecule has 0 bridgehead atoms. The summed E-state index contributed by atoms with van der Waals surface area (Å²) >= 11 is 5.85. The molecule has 0 radical (unpaired) electrons. The van der Waals surface area contributed by atoms with E-state index in [0.29, 0.717) is 17.2 Å². The van der Waals surface area contributed by atoms with Gasteiger partial charge >= 0.3 is 0 Å². The Morgan fingerprint density at radius 3 is 3.00 bits per heavy atom. The highest BCUT2D eigenvalue weighted by Gasteiger charge is 2.04. The molecule has 0 fully saturated rings. The molecule has 0 aliphatic heterocycles. The summed E-state index contributed by atoms with van der Waals surface area (Å²) in [5.41, 5.74) is 1.27. The fourth-order valence-corrected chi connectivity index (χ4v) is 1.50. The van der Waals surface area contributed by atoms with Gasteiger partial charge in [-0.05, 0) is 23.8 Å². The highest BCUT2D eigenvalue weighted by Crippen LogP contribution is 2.15. The van der Waals surface area contributed by atoms with E-state index in [1.807, 2.05) is 18.2 Å². The van der Waals surface area contributed by atoms with E-state index in [4.69, 9.17) is 21.6 Å². The zero-order valence-electron chi connectivity index (χ0n) is 8.80. The summed E-state index contributed by atoms with van der Waals surface area (Å²) in [7, 11) is 0. The van der Waals surface area contributed by atoms with Crippen LogP contribution in [-0.4, -0.2) is 10.2 Å². The van der Waals surface area contributed by atoms with Crippen molar-refractivity contribution in [1.29, 1.82) is 5.26 Å². The lowest BCUT2D eigenvalue weighted by atomic mass is 10.2. The van der Waals surface area contributed by atoms with E-state index in [1.54, 1.807) is 18.2 Å². The predicted molar refractivity (Wildman–Crippen MR) is 62.5 cm³/mol. The fourth-order valence-electron chi connectivity index (χ4n) is 1.29. The molecule has 0 N–H and O–H groups in total. The number of aromatic nitrogens is 2. The number of nitrogens with zero attached hydrogens (tertiary/aromatic N) is 3. The Bertz CT molecular complexity index is 566. The van der Waals surface area contributed by atoms with Gasteiger partial charge in [-0.15, -0.1) is 5.10 Å². The van der Waals surface area contributed by atoms with E-state index in [2.05, 4.69) is 10.2 Å². The molecule has 2 aromatic rings. The van der Waals surface area contributed by atoms with Crippen LogP contribution in [0.15, 0.2) is 36.5 Å². The van der Waals surface area contributed by atoms with Crippen molar-refractivity contribution < 1.29 is 4.74 Å². The first kappa shape index (κ1) is 11.4. The molecule has 1 heterocycles. The summed E-state index contributed by atoms with van der Waals surface area (Å²) in [5.74, 6) is 0.231. The fraction of sp³-hybridized carbons (Fsp3) is 0.0833. The number of nitriles is 1. The average Bonchev–Trinajstić information content (AvgIpc) is 2.37. The molecule has 0 aliphatic carbocycles. The van der Waals surface area contributed by atoms with Gasteiger partial charge in [0.15, 0.2) is 0 Å². The Morgan fingerprint density at radius 2 is 2.24 bits per heavy atom. The molecule has 4 nitrogen and oxygen atoms in total. The zero-order valence-corrected chi connectivity index (χ0v) is 9.55. The summed E-state index contributed by atoms with van der Waals surface area (Å²) in [6.07, 6.45) is 1.45. The number of benzene rings is 1. The number of hydrogen-bond donors (Lipinski definition) is 0. The Labute approximate surface area is 103 Å². The molecule has 2 rings (SSSR count). The Kier molecular flexibility index (Phi) is 3.53. The lowest BCUT2D eigenvalue weighted by molar-refractivity contribution is 0.289. The van der Waals surface area contributed by atoms with E-state index in [9.17, 15) is 0 Å². The van der Waals surface area contributed by atoms with Crippen molar-refractivity contribution in [3.05, 3.63) is 52.7 Å². The molecule has 0 aliphatic rings. The van der Waals surface area contributed by atoms with Gasteiger partial charge in [0, 0.05) is 5.02 Å². The lowest BCUT2D eigenvalue weighted by Gasteiger charge is -2.05. The normalized spacial score (nSPS) is 9.65. The first-order chi connectivity index (χ1) is 8.29. The molecular weight excluding hydrogens is 238 g/mol. The van der Waals surface area contributed by atoms with Crippen LogP contribution < -0.4 is 4.74 Å². The lowest BCUT2D eigenvalue weighted by Crippen LogP contribution is -2.00. The third-order valence-corrected chi connectivity index (χ3v) is 2.31. The van der Waals surface area contributed by atoms with E-state index in [1.165, 1.54) is 6.20 Å². The molecule has 0 spiro atoms. The van der Waals surface area contributed by atoms with Crippen molar-refractivity contribution in [3.8, 4) is 11.9 Å². The molecule has 1 aromatic heterocycles. The first-order valence-electron chi connectivity index (χ1n) is 4.88. The van der Waals surface area contributed by atoms with Crippen LogP contribution >= 0.6 is 11.6 Å². The maximum atomic E-state index is 8.84. The maximum absolute atomic E-state index is 8.84. The molecule has 0 unspecified atom stereocenters. The van der Waals surface area contributed by atoms with Crippen LogP contribution in [0, 0.1) is 11.3 Å². The SMILES string of the molecule is N#Cc1ccnnc1OCc1cccc(Cl)c1. The smallest absolute Gasteiger partial charge is 0.251 e. The van der Waals surface area contributed by atoms with E-state index < -0.39 is 0 Å². The van der Waals surface area contributed by atoms with Crippen LogP contribution in [0.4, 0.5) is 0 Å². The second kappa shape index (κ2) is 5.28. The number of ether oxygens (including phenoxy) is 1. The molecular formula is C12H8ClN3O. The minimum atomic E-state index is 0.231. The number of rotatable bonds is 3. The topological polar surface area (TPSA) is 58.8 Å². The quantitative estimate of drug-likeness (QED) is 0.834. The van der Waals surface area contributed by atoms with Crippen molar-refractivity contribution in [2.24, 2.45) is 0 Å². The van der Waals surface area contributed by atoms with Gasteiger partial charge in [0.05, 0.1) is 6.20 Å². The summed E-state index contributed by atoms with van der Waals surface area (Å²) in [6.45, 7) is 0.300. The van der Waals surface area contributed by atoms with Crippen LogP contribution in [0.1, 0.15) is 11.1 Å². The van der Waals surface area contributed by atoms with Crippen LogP contribution in [-0.2, 0) is 6.61 Å². The van der Waals surface area contributed by atoms with Crippen molar-refractivity contribution in [2.45, 2.75) is 6.61 Å². The second-order valence-corrected chi connectivity index (χ2v) is 3.72. The summed E-state index contributed by atoms with van der Waals surface area (Å²) in [5, 5.41) is 16.9. The number of halogens is 1. The van der Waals surface area contributed by atoms with Gasteiger partial charge in [0.25, 0.3) is 5.88 Å². The van der Waals surface area contributed by atoms with Gasteiger partial charge in [-0.25, -0.2) is 0 Å². The third-order valence-electron chi connectivity index (χ3n) is 2.07. The van der Waals surface area contributed by atoms with Crippen LogP contribution in [0.3, 0.4) is 0 Å². The Balaban J connectivity index is 2.10. The molecule has 0 amide bonds. The minimum Gasteiger partial charge on any atom is -0.471 e. The van der Waals surface area contributed by atoms with Crippen molar-refractivity contribution >= 4 is 11.6 Å². The van der Waals surface area contributed by atoms with Crippen LogP contribution in [0.5, 0.6) is 5.88 Å². The van der Waals surface area contributed by atoms with E-state index in [0.717, 1.165) is 5.56 Å². The van der Waals surface area contributed by atoms with Crippen LogP contribution in [0.25, 0.3) is 0 Å². The highest BCUT2D eigenvalue weighted by atomic mass is 35.5. The Morgan fingerprint density at radius 1 is 1.35 bits per heavy atom. The van der Waals surface area contributed by atoms with Crippen molar-refractivity contribution in [3.63, 3.8) is 0 Å². The summed E-state index contributed by atoms with van der Waals surface area (Å²) in [6, 6.07) is 10.8. The first-order valence-corrected chi connectivity index (χ1v) is 5.26. The van der Waals surface area contributed by atoms with Gasteiger partial charge < -0.3 is 4.74 Å². The number of hydrogen-bond acceptors (Lipinski definition) is 4. The molecule has 0 saturated carbocycles. The van der Waals surface area contributed by atoms with E-state index in [-0.39, 0.29) is 5.88 Å². The minimum absolute atomic E-state index is 0.231. The van der Waals surface area contributed by atoms with Gasteiger partial charge in [-0.3, -0.25) is 0 Å². The largest absolute Gasteiger partial charge is 0.471 e. The Hall–Kier alpha value is -2.12. The molecule has 17 heavy (non-hydrogen) atoms. The summed E-state index contributed by atoms with van der Waals surface area (Å²) in [4.78, 5) is 0. The summed E-state index contributed by atoms with van der Waals surface area (Å²) < 4.78 is 5.41. The maximum Gasteiger partial charge on any atom is 0.251 e. The van der Waals surface area contributed by atoms with Gasteiger partial charge in [0.2, 0.25) is 0 Å². The van der Waals surface area contributed by atoms with Gasteiger partial charge in [-0.2, -0.15) is 10.4 Å². The monoisotopic (exact) mass is 245 g/mol. The highest BCUT2D eigenvalue weighted by molar-refractivity contribution is 6.30. The van der Waals surface area contributed by atoms with Gasteiger partial charge in [0.1, 0.15) is 18.2 Å². The third kappa shape index (κ3) is 2.92. The predicted octanol–water partition coefficient (Wildman–Crippen LogP) is 2.58. The zero-order chi connectivity index (χ0) is 12.1. The molecule has 5 heteroatoms. The molecule has 84 valence electrons. The van der Waals surface area contributed by atoms with Crippen LogP contribution in [0.2, 0.25) is 5.02 Å². The van der Waals surface area contributed by atoms with E-state index >= 15 is 0 Å². The average molecular weight is 246 g/mol. The molecule has 1 aromatic carbocycles.